The molecule has 0 amide bonds. The lowest BCUT2D eigenvalue weighted by Crippen LogP contribution is -2.11. The number of nitrogens with zero attached hydrogens (tertiary/aromatic N) is 4. The second-order valence-electron chi connectivity index (χ2n) is 6.25. The van der Waals surface area contributed by atoms with E-state index < -0.39 is 4.92 Å². The number of rotatable bonds is 4. The molecule has 0 fully saturated rings. The number of nitro benzene ring substituents is 1. The summed E-state index contributed by atoms with van der Waals surface area (Å²) in [6.45, 7) is 0. The minimum Gasteiger partial charge on any atom is -0.305 e. The Bertz CT molecular complexity index is 1430. The molecule has 9 nitrogen and oxygen atoms in total. The molecule has 0 spiro atoms. The Hall–Kier alpha value is -4.10. The van der Waals surface area contributed by atoms with Gasteiger partial charge in [0, 0.05) is 27.7 Å². The molecule has 4 aromatic rings. The molecule has 30 heavy (non-hydrogen) atoms. The van der Waals surface area contributed by atoms with Crippen molar-refractivity contribution in [3.8, 4) is 17.3 Å². The number of H-pyrrole nitrogens is 2. The largest absolute Gasteiger partial charge is 0.305 e. The Labute approximate surface area is 177 Å². The van der Waals surface area contributed by atoms with Crippen LogP contribution in [0, 0.1) is 21.4 Å². The number of aromatic nitrogens is 4. The van der Waals surface area contributed by atoms with Crippen LogP contribution in [-0.2, 0) is 0 Å². The van der Waals surface area contributed by atoms with Crippen molar-refractivity contribution >= 4 is 44.2 Å². The van der Waals surface area contributed by atoms with Crippen LogP contribution in [0.4, 0.5) is 5.69 Å². The number of non-ortho nitro benzene ring substituents is 1. The first-order valence-electron chi connectivity index (χ1n) is 8.56. The molecule has 0 aliphatic heterocycles. The zero-order valence-electron chi connectivity index (χ0n) is 15.1. The highest BCUT2D eigenvalue weighted by atomic mass is 79.9. The topological polar surface area (TPSA) is 141 Å². The van der Waals surface area contributed by atoms with Gasteiger partial charge in [-0.25, -0.2) is 4.98 Å². The van der Waals surface area contributed by atoms with Crippen molar-refractivity contribution < 1.29 is 4.92 Å². The van der Waals surface area contributed by atoms with E-state index in [4.69, 9.17) is 0 Å². The van der Waals surface area contributed by atoms with E-state index in [1.165, 1.54) is 24.4 Å². The summed E-state index contributed by atoms with van der Waals surface area (Å²) >= 11 is 3.31. The molecule has 2 heterocycles. The summed E-state index contributed by atoms with van der Waals surface area (Å²) in [5, 5.41) is 27.9. The number of hydrogen-bond donors (Lipinski definition) is 2. The summed E-state index contributed by atoms with van der Waals surface area (Å²) in [5.74, 6) is 0.114. The Balaban J connectivity index is 1.82. The highest BCUT2D eigenvalue weighted by Crippen LogP contribution is 2.27. The van der Waals surface area contributed by atoms with Gasteiger partial charge in [-0.3, -0.25) is 20.0 Å². The van der Waals surface area contributed by atoms with Crippen LogP contribution in [0.25, 0.3) is 33.8 Å². The Morgan fingerprint density at radius 2 is 2.10 bits per heavy atom. The van der Waals surface area contributed by atoms with E-state index in [9.17, 15) is 20.2 Å². The second-order valence-corrected chi connectivity index (χ2v) is 7.17. The normalized spacial score (nSPS) is 11.4. The summed E-state index contributed by atoms with van der Waals surface area (Å²) in [5.41, 5.74) is 1.68. The first-order valence-corrected chi connectivity index (χ1v) is 9.35. The minimum atomic E-state index is -0.488. The molecule has 146 valence electrons. The van der Waals surface area contributed by atoms with Crippen molar-refractivity contribution in [2.24, 2.45) is 0 Å². The highest BCUT2D eigenvalue weighted by Gasteiger charge is 2.14. The van der Waals surface area contributed by atoms with E-state index in [0.717, 1.165) is 4.47 Å². The number of hydrogen-bond acceptors (Lipinski definition) is 6. The van der Waals surface area contributed by atoms with Crippen LogP contribution in [0.2, 0.25) is 0 Å². The molecule has 0 saturated carbocycles. The number of allylic oxidation sites excluding steroid dienone is 1. The molecule has 0 unspecified atom stereocenters. The summed E-state index contributed by atoms with van der Waals surface area (Å²) in [6, 6.07) is 13.2. The van der Waals surface area contributed by atoms with Crippen molar-refractivity contribution in [2.75, 3.05) is 0 Å². The summed E-state index contributed by atoms with van der Waals surface area (Å²) < 4.78 is 0.742. The van der Waals surface area contributed by atoms with Crippen molar-refractivity contribution in [3.05, 3.63) is 85.0 Å². The smallest absolute Gasteiger partial charge is 0.270 e. The quantitative estimate of drug-likeness (QED) is 0.266. The molecule has 10 heteroatoms. The monoisotopic (exact) mass is 462 g/mol. The average molecular weight is 463 g/mol. The van der Waals surface area contributed by atoms with E-state index in [1.807, 2.05) is 6.07 Å². The molecule has 0 bridgehead atoms. The van der Waals surface area contributed by atoms with E-state index in [2.05, 4.69) is 36.1 Å². The van der Waals surface area contributed by atoms with Gasteiger partial charge in [0.15, 0.2) is 5.82 Å². The standard InChI is InChI=1S/C20H11BrN6O3/c21-14-4-5-17-16(8-14)20(28)25-19(24-17)12(9-22)6-13-10-23-26-18(13)11-2-1-3-15(7-11)27(29)30/h1-8,10H,(H,23,26)(H,24,25,28)/b12-6-. The van der Waals surface area contributed by atoms with E-state index in [1.54, 1.807) is 30.3 Å². The predicted octanol–water partition coefficient (Wildman–Crippen LogP) is 4.05. The fraction of sp³-hybridized carbons (Fsp3) is 0. The maximum atomic E-state index is 12.4. The number of aromatic amines is 2. The van der Waals surface area contributed by atoms with Gasteiger partial charge in [-0.2, -0.15) is 10.4 Å². The minimum absolute atomic E-state index is 0.0655. The molecule has 2 N–H and O–H groups in total. The summed E-state index contributed by atoms with van der Waals surface area (Å²) in [4.78, 5) is 30.0. The Morgan fingerprint density at radius 1 is 1.27 bits per heavy atom. The van der Waals surface area contributed by atoms with Gasteiger partial charge in [0.05, 0.1) is 33.3 Å². The lowest BCUT2D eigenvalue weighted by Gasteiger charge is -2.04. The molecule has 4 rings (SSSR count). The Morgan fingerprint density at radius 3 is 2.87 bits per heavy atom. The lowest BCUT2D eigenvalue weighted by atomic mass is 10.1. The zero-order valence-corrected chi connectivity index (χ0v) is 16.7. The number of halogens is 1. The van der Waals surface area contributed by atoms with Crippen LogP contribution >= 0.6 is 15.9 Å². The molecule has 2 aromatic heterocycles. The van der Waals surface area contributed by atoms with Gasteiger partial charge in [-0.05, 0) is 24.3 Å². The van der Waals surface area contributed by atoms with Gasteiger partial charge in [0.1, 0.15) is 6.07 Å². The zero-order chi connectivity index (χ0) is 21.3. The molecule has 0 atom stereocenters. The highest BCUT2D eigenvalue weighted by molar-refractivity contribution is 9.10. The fourth-order valence-electron chi connectivity index (χ4n) is 2.96. The second kappa shape index (κ2) is 7.73. The third kappa shape index (κ3) is 3.61. The molecule has 2 aromatic carbocycles. The third-order valence-electron chi connectivity index (χ3n) is 4.36. The SMILES string of the molecule is N#C/C(=C/c1cn[nH]c1-c1cccc([N+](=O)[O-])c1)c1nc2ccc(Br)cc2c(=O)[nH]1. The van der Waals surface area contributed by atoms with Gasteiger partial charge in [0.25, 0.3) is 11.2 Å². The van der Waals surface area contributed by atoms with Gasteiger partial charge < -0.3 is 4.98 Å². The number of nitro groups is 1. The number of nitriles is 1. The van der Waals surface area contributed by atoms with Gasteiger partial charge in [0.2, 0.25) is 0 Å². The summed E-state index contributed by atoms with van der Waals surface area (Å²) in [7, 11) is 0. The van der Waals surface area contributed by atoms with Crippen LogP contribution in [-0.4, -0.2) is 25.1 Å². The number of nitrogens with one attached hydrogen (secondary N) is 2. The van der Waals surface area contributed by atoms with E-state index >= 15 is 0 Å². The van der Waals surface area contributed by atoms with E-state index in [0.29, 0.717) is 27.7 Å². The van der Waals surface area contributed by atoms with Crippen LogP contribution in [0.5, 0.6) is 0 Å². The van der Waals surface area contributed by atoms with E-state index in [-0.39, 0.29) is 22.6 Å². The van der Waals surface area contributed by atoms with Crippen LogP contribution in [0.15, 0.2) is 57.9 Å². The van der Waals surface area contributed by atoms with Crippen molar-refractivity contribution in [2.45, 2.75) is 0 Å². The summed E-state index contributed by atoms with van der Waals surface area (Å²) in [6.07, 6.45) is 3.00. The maximum absolute atomic E-state index is 12.4. The average Bonchev–Trinajstić information content (AvgIpc) is 3.20. The maximum Gasteiger partial charge on any atom is 0.270 e. The first-order chi connectivity index (χ1) is 14.5. The fourth-order valence-corrected chi connectivity index (χ4v) is 3.32. The van der Waals surface area contributed by atoms with Gasteiger partial charge in [-0.1, -0.05) is 28.1 Å². The van der Waals surface area contributed by atoms with Crippen molar-refractivity contribution in [1.82, 2.24) is 20.2 Å². The van der Waals surface area contributed by atoms with Gasteiger partial charge >= 0.3 is 0 Å². The molecular weight excluding hydrogens is 452 g/mol. The number of fused-ring (bicyclic) bond motifs is 1. The molecule has 0 radical (unpaired) electrons. The molecule has 0 saturated heterocycles. The third-order valence-corrected chi connectivity index (χ3v) is 4.85. The first kappa shape index (κ1) is 19.2. The van der Waals surface area contributed by atoms with Crippen LogP contribution in [0.3, 0.4) is 0 Å². The molecular formula is C20H11BrN6O3. The molecule has 0 aliphatic carbocycles. The van der Waals surface area contributed by atoms with Gasteiger partial charge in [-0.15, -0.1) is 0 Å². The predicted molar refractivity (Wildman–Crippen MR) is 114 cm³/mol. The molecule has 0 aliphatic rings. The Kier molecular flexibility index (Phi) is 4.95. The van der Waals surface area contributed by atoms with Crippen LogP contribution in [0.1, 0.15) is 11.4 Å². The number of benzene rings is 2. The van der Waals surface area contributed by atoms with Crippen molar-refractivity contribution in [1.29, 1.82) is 5.26 Å². The lowest BCUT2D eigenvalue weighted by molar-refractivity contribution is -0.384. The van der Waals surface area contributed by atoms with Crippen LogP contribution < -0.4 is 5.56 Å². The van der Waals surface area contributed by atoms with Crippen molar-refractivity contribution in [3.63, 3.8) is 0 Å².